The van der Waals surface area contributed by atoms with Crippen molar-refractivity contribution in [2.75, 3.05) is 39.4 Å². The predicted molar refractivity (Wildman–Crippen MR) is 110 cm³/mol. The molecule has 0 spiro atoms. The Morgan fingerprint density at radius 2 is 1.39 bits per heavy atom. The Bertz CT molecular complexity index is 908. The summed E-state index contributed by atoms with van der Waals surface area (Å²) in [7, 11) is 0. The quantitative estimate of drug-likeness (QED) is 0.502. The number of non-ortho nitro benzene ring substituents is 1. The summed E-state index contributed by atoms with van der Waals surface area (Å²) >= 11 is 0. The fourth-order valence-electron chi connectivity index (χ4n) is 3.06. The molecule has 0 unspecified atom stereocenters. The summed E-state index contributed by atoms with van der Waals surface area (Å²) in [5.41, 5.74) is -0.0482. The number of hydrogen-bond acceptors (Lipinski definition) is 7. The molecule has 1 aliphatic heterocycles. The van der Waals surface area contributed by atoms with Gasteiger partial charge in [-0.05, 0) is 36.4 Å². The van der Waals surface area contributed by atoms with Crippen molar-refractivity contribution in [2.24, 2.45) is 0 Å². The average molecular weight is 429 g/mol. The zero-order valence-corrected chi connectivity index (χ0v) is 16.8. The third kappa shape index (κ3) is 6.33. The summed E-state index contributed by atoms with van der Waals surface area (Å²) in [4.78, 5) is 38.1. The zero-order valence-electron chi connectivity index (χ0n) is 16.8. The molecule has 2 aromatic carbocycles. The summed E-state index contributed by atoms with van der Waals surface area (Å²) in [6.45, 7) is 1.74. The minimum absolute atomic E-state index is 0.0481. The Hall–Kier alpha value is -3.82. The molecule has 1 heterocycles. The molecule has 1 saturated heterocycles. The predicted octanol–water partition coefficient (Wildman–Crippen LogP) is 1.82. The number of carbonyl (C=O) groups is 2. The molecule has 1 aliphatic rings. The Kier molecular flexibility index (Phi) is 7.26. The molecular formula is C21H23N3O7. The van der Waals surface area contributed by atoms with Crippen molar-refractivity contribution in [2.45, 2.75) is 6.42 Å². The molecule has 0 saturated carbocycles. The summed E-state index contributed by atoms with van der Waals surface area (Å²) in [6.07, 6.45) is 0.220. The first-order chi connectivity index (χ1) is 14.9. The first kappa shape index (κ1) is 21.9. The number of phenolic OH excluding ortho intramolecular Hbond substituents is 1. The van der Waals surface area contributed by atoms with Crippen LogP contribution in [-0.4, -0.2) is 71.0 Å². The van der Waals surface area contributed by atoms with Gasteiger partial charge in [-0.3, -0.25) is 19.7 Å². The van der Waals surface area contributed by atoms with Gasteiger partial charge in [-0.25, -0.2) is 0 Å². The lowest BCUT2D eigenvalue weighted by atomic mass is 10.2. The van der Waals surface area contributed by atoms with E-state index in [1.807, 2.05) is 0 Å². The van der Waals surface area contributed by atoms with Gasteiger partial charge in [-0.15, -0.1) is 0 Å². The van der Waals surface area contributed by atoms with Crippen molar-refractivity contribution in [3.63, 3.8) is 0 Å². The van der Waals surface area contributed by atoms with Crippen LogP contribution in [0, 0.1) is 10.1 Å². The van der Waals surface area contributed by atoms with Gasteiger partial charge in [0.2, 0.25) is 5.91 Å². The third-order valence-corrected chi connectivity index (χ3v) is 4.82. The molecule has 31 heavy (non-hydrogen) atoms. The van der Waals surface area contributed by atoms with E-state index in [9.17, 15) is 24.8 Å². The van der Waals surface area contributed by atoms with E-state index in [4.69, 9.17) is 9.47 Å². The molecule has 0 atom stereocenters. The maximum absolute atomic E-state index is 12.3. The number of ether oxygens (including phenoxy) is 2. The number of nitrogens with zero attached hydrogens (tertiary/aromatic N) is 3. The van der Waals surface area contributed by atoms with E-state index in [0.29, 0.717) is 37.7 Å². The Morgan fingerprint density at radius 1 is 0.871 bits per heavy atom. The largest absolute Gasteiger partial charge is 0.508 e. The summed E-state index contributed by atoms with van der Waals surface area (Å²) in [6, 6.07) is 11.8. The van der Waals surface area contributed by atoms with Crippen molar-refractivity contribution in [3.8, 4) is 17.2 Å². The number of phenols is 1. The van der Waals surface area contributed by atoms with Gasteiger partial charge in [-0.2, -0.15) is 0 Å². The molecule has 10 nitrogen and oxygen atoms in total. The number of aromatic hydroxyl groups is 1. The topological polar surface area (TPSA) is 122 Å². The normalized spacial score (nSPS) is 13.5. The van der Waals surface area contributed by atoms with Crippen molar-refractivity contribution in [1.29, 1.82) is 0 Å². The summed E-state index contributed by atoms with van der Waals surface area (Å²) in [5, 5.41) is 19.9. The molecule has 0 aromatic heterocycles. The van der Waals surface area contributed by atoms with E-state index in [2.05, 4.69) is 0 Å². The highest BCUT2D eigenvalue weighted by Gasteiger charge is 2.24. The van der Waals surface area contributed by atoms with E-state index in [1.54, 1.807) is 21.9 Å². The van der Waals surface area contributed by atoms with Crippen LogP contribution in [0.3, 0.4) is 0 Å². The van der Waals surface area contributed by atoms with Crippen molar-refractivity contribution >= 4 is 17.5 Å². The number of piperazine rings is 1. The van der Waals surface area contributed by atoms with Crippen molar-refractivity contribution in [3.05, 3.63) is 58.6 Å². The van der Waals surface area contributed by atoms with Gasteiger partial charge in [-0.1, -0.05) is 0 Å². The number of nitro groups is 1. The molecule has 0 bridgehead atoms. The van der Waals surface area contributed by atoms with Crippen LogP contribution in [-0.2, 0) is 9.59 Å². The first-order valence-corrected chi connectivity index (χ1v) is 9.77. The molecule has 164 valence electrons. The lowest BCUT2D eigenvalue weighted by Gasteiger charge is -2.34. The summed E-state index contributed by atoms with van der Waals surface area (Å²) in [5.74, 6) is 0.846. The third-order valence-electron chi connectivity index (χ3n) is 4.82. The monoisotopic (exact) mass is 429 g/mol. The first-order valence-electron chi connectivity index (χ1n) is 9.77. The van der Waals surface area contributed by atoms with E-state index in [1.165, 1.54) is 36.4 Å². The van der Waals surface area contributed by atoms with Crippen LogP contribution >= 0.6 is 0 Å². The number of amides is 2. The van der Waals surface area contributed by atoms with Crippen LogP contribution in [0.25, 0.3) is 0 Å². The van der Waals surface area contributed by atoms with E-state index < -0.39 is 4.92 Å². The average Bonchev–Trinajstić information content (AvgIpc) is 2.79. The second kappa shape index (κ2) is 10.3. The molecule has 2 aromatic rings. The number of carbonyl (C=O) groups excluding carboxylic acids is 2. The zero-order chi connectivity index (χ0) is 22.2. The number of benzene rings is 2. The molecule has 1 N–H and O–H groups in total. The molecule has 0 radical (unpaired) electrons. The van der Waals surface area contributed by atoms with Gasteiger partial charge in [0.1, 0.15) is 17.2 Å². The second-order valence-corrected chi connectivity index (χ2v) is 6.89. The van der Waals surface area contributed by atoms with Gasteiger partial charge in [0.15, 0.2) is 6.61 Å². The highest BCUT2D eigenvalue weighted by atomic mass is 16.6. The van der Waals surface area contributed by atoms with Gasteiger partial charge < -0.3 is 24.4 Å². The molecular weight excluding hydrogens is 406 g/mol. The van der Waals surface area contributed by atoms with Gasteiger partial charge in [0.05, 0.1) is 18.0 Å². The van der Waals surface area contributed by atoms with Crippen molar-refractivity contribution in [1.82, 2.24) is 9.80 Å². The van der Waals surface area contributed by atoms with Gasteiger partial charge in [0.25, 0.3) is 11.6 Å². The smallest absolute Gasteiger partial charge is 0.269 e. The minimum Gasteiger partial charge on any atom is -0.508 e. The fraction of sp³-hybridized carbons (Fsp3) is 0.333. The van der Waals surface area contributed by atoms with Crippen LogP contribution in [0.15, 0.2) is 48.5 Å². The Morgan fingerprint density at radius 3 is 1.97 bits per heavy atom. The van der Waals surface area contributed by atoms with Crippen LogP contribution in [0.4, 0.5) is 5.69 Å². The minimum atomic E-state index is -0.505. The van der Waals surface area contributed by atoms with Gasteiger partial charge >= 0.3 is 0 Å². The van der Waals surface area contributed by atoms with Crippen molar-refractivity contribution < 1.29 is 29.1 Å². The lowest BCUT2D eigenvalue weighted by Crippen LogP contribution is -2.51. The van der Waals surface area contributed by atoms with E-state index in [-0.39, 0.29) is 42.9 Å². The maximum Gasteiger partial charge on any atom is 0.269 e. The van der Waals surface area contributed by atoms with E-state index >= 15 is 0 Å². The molecule has 2 amide bonds. The summed E-state index contributed by atoms with van der Waals surface area (Å²) < 4.78 is 10.9. The van der Waals surface area contributed by atoms with Crippen LogP contribution in [0.2, 0.25) is 0 Å². The number of rotatable bonds is 8. The molecule has 0 aliphatic carbocycles. The molecule has 3 rings (SSSR count). The molecule has 1 fully saturated rings. The lowest BCUT2D eigenvalue weighted by molar-refractivity contribution is -0.384. The number of nitro benzene ring substituents is 1. The highest BCUT2D eigenvalue weighted by Crippen LogP contribution is 2.18. The Labute approximate surface area is 178 Å². The van der Waals surface area contributed by atoms with Crippen LogP contribution in [0.5, 0.6) is 17.2 Å². The molecule has 10 heteroatoms. The van der Waals surface area contributed by atoms with Crippen LogP contribution in [0.1, 0.15) is 6.42 Å². The Balaban J connectivity index is 1.36. The second-order valence-electron chi connectivity index (χ2n) is 6.89. The van der Waals surface area contributed by atoms with Gasteiger partial charge in [0, 0.05) is 38.3 Å². The highest BCUT2D eigenvalue weighted by molar-refractivity contribution is 5.79. The maximum atomic E-state index is 12.3. The number of hydrogen-bond donors (Lipinski definition) is 1. The van der Waals surface area contributed by atoms with E-state index in [0.717, 1.165) is 0 Å². The van der Waals surface area contributed by atoms with Crippen LogP contribution < -0.4 is 9.47 Å². The standard InChI is InChI=1S/C21H23N3O7/c25-17-3-7-18(8-4-17)30-14-9-20(26)22-10-12-23(13-11-22)21(27)15-31-19-5-1-16(2-6-19)24(28)29/h1-8,25H,9-15H2. The SMILES string of the molecule is O=C(CCOc1ccc(O)cc1)N1CCN(C(=O)COc2ccc([N+](=O)[O-])cc2)CC1. The fourth-order valence-corrected chi connectivity index (χ4v) is 3.06.